The van der Waals surface area contributed by atoms with E-state index in [2.05, 4.69) is 0 Å². The zero-order valence-electron chi connectivity index (χ0n) is 16.9. The minimum atomic E-state index is -0.549. The van der Waals surface area contributed by atoms with Crippen LogP contribution in [0.15, 0.2) is 77.2 Å². The number of ether oxygens (including phenoxy) is 2. The summed E-state index contributed by atoms with van der Waals surface area (Å²) in [5, 5.41) is 1.01. The summed E-state index contributed by atoms with van der Waals surface area (Å²) >= 11 is 0. The molecule has 5 rings (SSSR count). The summed E-state index contributed by atoms with van der Waals surface area (Å²) in [6.45, 7) is 4.42. The van der Waals surface area contributed by atoms with Crippen LogP contribution in [0.1, 0.15) is 38.9 Å². The molecule has 0 N–H and O–H groups in total. The Kier molecular flexibility index (Phi) is 4.64. The van der Waals surface area contributed by atoms with Crippen LogP contribution < -0.4 is 4.74 Å². The molecule has 150 valence electrons. The second kappa shape index (κ2) is 7.47. The molecule has 1 aliphatic rings. The average molecular weight is 398 g/mol. The molecular weight excluding hydrogens is 376 g/mol. The third-order valence-corrected chi connectivity index (χ3v) is 5.57. The number of ketones is 1. The fourth-order valence-electron chi connectivity index (χ4n) is 3.66. The van der Waals surface area contributed by atoms with Crippen LogP contribution >= 0.6 is 0 Å². The number of fused-ring (bicyclic) bond motifs is 1. The SMILES string of the molecule is Cc1cc(OCc2ccccc2)c(C(=O)[C@H]2O[C@H]2c2cc3ccccc3o2)cc1C. The average Bonchev–Trinajstić information content (AvgIpc) is 3.45. The molecule has 1 aliphatic heterocycles. The Morgan fingerprint density at radius 1 is 0.933 bits per heavy atom. The van der Waals surface area contributed by atoms with Crippen molar-refractivity contribution in [2.75, 3.05) is 0 Å². The Hall–Kier alpha value is -3.37. The van der Waals surface area contributed by atoms with Crippen LogP contribution in [0.2, 0.25) is 0 Å². The van der Waals surface area contributed by atoms with Gasteiger partial charge < -0.3 is 13.9 Å². The summed E-state index contributed by atoms with van der Waals surface area (Å²) < 4.78 is 17.7. The molecule has 0 spiro atoms. The highest BCUT2D eigenvalue weighted by Crippen LogP contribution is 2.44. The van der Waals surface area contributed by atoms with Gasteiger partial charge in [0.25, 0.3) is 0 Å². The van der Waals surface area contributed by atoms with Crippen LogP contribution in [0.4, 0.5) is 0 Å². The Labute approximate surface area is 175 Å². The van der Waals surface area contributed by atoms with Crippen molar-refractivity contribution in [3.63, 3.8) is 0 Å². The van der Waals surface area contributed by atoms with Gasteiger partial charge in [-0.2, -0.15) is 0 Å². The maximum absolute atomic E-state index is 13.3. The number of carbonyl (C=O) groups is 1. The fourth-order valence-corrected chi connectivity index (χ4v) is 3.66. The van der Waals surface area contributed by atoms with Gasteiger partial charge in [-0.05, 0) is 54.8 Å². The molecule has 4 aromatic rings. The highest BCUT2D eigenvalue weighted by atomic mass is 16.6. The molecule has 0 radical (unpaired) electrons. The molecule has 2 atom stereocenters. The molecule has 0 amide bonds. The van der Waals surface area contributed by atoms with Crippen molar-refractivity contribution in [3.8, 4) is 5.75 Å². The molecule has 4 heteroatoms. The minimum absolute atomic E-state index is 0.0772. The molecule has 0 bridgehead atoms. The first-order valence-corrected chi connectivity index (χ1v) is 10.1. The number of benzene rings is 3. The fraction of sp³-hybridized carbons (Fsp3) is 0.192. The van der Waals surface area contributed by atoms with E-state index in [1.54, 1.807) is 0 Å². The van der Waals surface area contributed by atoms with Crippen molar-refractivity contribution in [1.82, 2.24) is 0 Å². The van der Waals surface area contributed by atoms with Gasteiger partial charge in [-0.15, -0.1) is 0 Å². The lowest BCUT2D eigenvalue weighted by Gasteiger charge is -2.13. The molecule has 1 fully saturated rings. The molecule has 1 saturated heterocycles. The standard InChI is InChI=1S/C26H22O4/c1-16-12-20(22(13-17(16)2)28-15-18-8-4-3-5-9-18)24(27)26-25(30-26)23-14-19-10-6-7-11-21(19)29-23/h3-14,25-26H,15H2,1-2H3/t25-,26+/m0/s1. The topological polar surface area (TPSA) is 52.0 Å². The highest BCUT2D eigenvalue weighted by molar-refractivity contribution is 6.04. The number of aryl methyl sites for hydroxylation is 2. The summed E-state index contributed by atoms with van der Waals surface area (Å²) in [6, 6.07) is 23.5. The lowest BCUT2D eigenvalue weighted by atomic mass is 9.99. The largest absolute Gasteiger partial charge is 0.488 e. The summed E-state index contributed by atoms with van der Waals surface area (Å²) in [6.07, 6.45) is -0.903. The number of hydrogen-bond acceptors (Lipinski definition) is 4. The second-order valence-electron chi connectivity index (χ2n) is 7.74. The van der Waals surface area contributed by atoms with E-state index in [4.69, 9.17) is 13.9 Å². The normalized spacial score (nSPS) is 17.8. The molecule has 3 aromatic carbocycles. The monoisotopic (exact) mass is 398 g/mol. The van der Waals surface area contributed by atoms with Crippen LogP contribution in [0.25, 0.3) is 11.0 Å². The summed E-state index contributed by atoms with van der Waals surface area (Å²) in [5.74, 6) is 1.20. The number of rotatable bonds is 6. The molecule has 2 heterocycles. The van der Waals surface area contributed by atoms with Gasteiger partial charge in [0.05, 0.1) is 5.56 Å². The quantitative estimate of drug-likeness (QED) is 0.297. The van der Waals surface area contributed by atoms with Crippen molar-refractivity contribution >= 4 is 16.8 Å². The summed E-state index contributed by atoms with van der Waals surface area (Å²) in [4.78, 5) is 13.3. The molecule has 0 aliphatic carbocycles. The molecule has 4 nitrogen and oxygen atoms in total. The van der Waals surface area contributed by atoms with Gasteiger partial charge in [-0.1, -0.05) is 48.5 Å². The van der Waals surface area contributed by atoms with E-state index < -0.39 is 6.10 Å². The van der Waals surface area contributed by atoms with E-state index in [0.717, 1.165) is 27.7 Å². The Balaban J connectivity index is 1.39. The number of epoxide rings is 1. The summed E-state index contributed by atoms with van der Waals surface area (Å²) in [7, 11) is 0. The number of para-hydroxylation sites is 1. The van der Waals surface area contributed by atoms with E-state index in [9.17, 15) is 4.79 Å². The third-order valence-electron chi connectivity index (χ3n) is 5.57. The first-order chi connectivity index (χ1) is 14.6. The van der Waals surface area contributed by atoms with Gasteiger partial charge in [-0.25, -0.2) is 0 Å². The van der Waals surface area contributed by atoms with Gasteiger partial charge in [-0.3, -0.25) is 4.79 Å². The van der Waals surface area contributed by atoms with Gasteiger partial charge in [0, 0.05) is 5.39 Å². The van der Waals surface area contributed by atoms with Crippen molar-refractivity contribution in [3.05, 3.63) is 101 Å². The van der Waals surface area contributed by atoms with Crippen molar-refractivity contribution in [1.29, 1.82) is 0 Å². The highest BCUT2D eigenvalue weighted by Gasteiger charge is 2.49. The van der Waals surface area contributed by atoms with Crippen LogP contribution in [0.3, 0.4) is 0 Å². The smallest absolute Gasteiger partial charge is 0.198 e. The van der Waals surface area contributed by atoms with Gasteiger partial charge in [0.2, 0.25) is 0 Å². The maximum Gasteiger partial charge on any atom is 0.198 e. The van der Waals surface area contributed by atoms with E-state index in [-0.39, 0.29) is 11.9 Å². The Bertz CT molecular complexity index is 1190. The van der Waals surface area contributed by atoms with Crippen LogP contribution in [-0.4, -0.2) is 11.9 Å². The van der Waals surface area contributed by atoms with Crippen LogP contribution in [0, 0.1) is 13.8 Å². The minimum Gasteiger partial charge on any atom is -0.488 e. The number of hydrogen-bond donors (Lipinski definition) is 0. The Morgan fingerprint density at radius 3 is 2.47 bits per heavy atom. The molecule has 30 heavy (non-hydrogen) atoms. The van der Waals surface area contributed by atoms with Gasteiger partial charge in [0.15, 0.2) is 11.9 Å². The van der Waals surface area contributed by atoms with Crippen LogP contribution in [-0.2, 0) is 11.3 Å². The van der Waals surface area contributed by atoms with E-state index >= 15 is 0 Å². The molecule has 0 unspecified atom stereocenters. The van der Waals surface area contributed by atoms with Crippen molar-refractivity contribution in [2.45, 2.75) is 32.7 Å². The zero-order valence-corrected chi connectivity index (χ0v) is 16.9. The number of carbonyl (C=O) groups excluding carboxylic acids is 1. The van der Waals surface area contributed by atoms with E-state index in [1.807, 2.05) is 86.6 Å². The molecular formula is C26H22O4. The van der Waals surface area contributed by atoms with Crippen molar-refractivity contribution < 1.29 is 18.7 Å². The number of furan rings is 1. The predicted molar refractivity (Wildman–Crippen MR) is 115 cm³/mol. The maximum atomic E-state index is 13.3. The second-order valence-corrected chi connectivity index (χ2v) is 7.74. The van der Waals surface area contributed by atoms with Crippen LogP contribution in [0.5, 0.6) is 5.75 Å². The van der Waals surface area contributed by atoms with E-state index in [0.29, 0.717) is 23.7 Å². The first-order valence-electron chi connectivity index (χ1n) is 10.1. The third kappa shape index (κ3) is 3.51. The van der Waals surface area contributed by atoms with Crippen molar-refractivity contribution in [2.24, 2.45) is 0 Å². The first kappa shape index (κ1) is 18.6. The predicted octanol–water partition coefficient (Wildman–Crippen LogP) is 5.95. The molecule has 1 aromatic heterocycles. The van der Waals surface area contributed by atoms with Gasteiger partial charge >= 0.3 is 0 Å². The lowest BCUT2D eigenvalue weighted by Crippen LogP contribution is -2.11. The Morgan fingerprint density at radius 2 is 1.67 bits per heavy atom. The van der Waals surface area contributed by atoms with Gasteiger partial charge in [0.1, 0.15) is 29.8 Å². The zero-order chi connectivity index (χ0) is 20.7. The lowest BCUT2D eigenvalue weighted by molar-refractivity contribution is 0.0949. The number of Topliss-reactive ketones (excluding diaryl/α,β-unsaturated/α-hetero) is 1. The summed E-state index contributed by atoms with van der Waals surface area (Å²) in [5.41, 5.74) is 4.54. The van der Waals surface area contributed by atoms with E-state index in [1.165, 1.54) is 0 Å². The molecule has 0 saturated carbocycles.